The molecule has 0 radical (unpaired) electrons. The SMILES string of the molecule is CCC(Nc1cccc(-c2nccs2)c1)c1ccco1. The number of rotatable bonds is 5. The minimum atomic E-state index is 0.191. The van der Waals surface area contributed by atoms with Crippen LogP contribution in [0.1, 0.15) is 25.1 Å². The zero-order chi connectivity index (χ0) is 13.8. The third kappa shape index (κ3) is 2.75. The maximum atomic E-state index is 5.49. The first-order valence-electron chi connectivity index (χ1n) is 6.66. The third-order valence-electron chi connectivity index (χ3n) is 3.18. The van der Waals surface area contributed by atoms with E-state index in [0.29, 0.717) is 0 Å². The first kappa shape index (κ1) is 12.9. The summed E-state index contributed by atoms with van der Waals surface area (Å²) >= 11 is 1.65. The highest BCUT2D eigenvalue weighted by Crippen LogP contribution is 2.27. The van der Waals surface area contributed by atoms with Gasteiger partial charge < -0.3 is 9.73 Å². The van der Waals surface area contributed by atoms with Gasteiger partial charge >= 0.3 is 0 Å². The molecule has 102 valence electrons. The summed E-state index contributed by atoms with van der Waals surface area (Å²) in [5.74, 6) is 0.965. The quantitative estimate of drug-likeness (QED) is 0.719. The molecule has 0 fully saturated rings. The number of thiazole rings is 1. The fraction of sp³-hybridized carbons (Fsp3) is 0.188. The van der Waals surface area contributed by atoms with Gasteiger partial charge in [-0.05, 0) is 30.7 Å². The molecule has 0 aliphatic carbocycles. The van der Waals surface area contributed by atoms with Gasteiger partial charge in [-0.25, -0.2) is 4.98 Å². The van der Waals surface area contributed by atoms with Crippen LogP contribution in [-0.4, -0.2) is 4.98 Å². The molecule has 0 saturated carbocycles. The van der Waals surface area contributed by atoms with E-state index >= 15 is 0 Å². The van der Waals surface area contributed by atoms with Crippen molar-refractivity contribution in [1.82, 2.24) is 4.98 Å². The van der Waals surface area contributed by atoms with Crippen LogP contribution in [0.5, 0.6) is 0 Å². The summed E-state index contributed by atoms with van der Waals surface area (Å²) in [5, 5.41) is 6.55. The van der Waals surface area contributed by atoms with Crippen molar-refractivity contribution in [1.29, 1.82) is 0 Å². The number of hydrogen-bond donors (Lipinski definition) is 1. The lowest BCUT2D eigenvalue weighted by atomic mass is 10.1. The largest absolute Gasteiger partial charge is 0.467 e. The van der Waals surface area contributed by atoms with Gasteiger partial charge in [-0.1, -0.05) is 19.1 Å². The summed E-state index contributed by atoms with van der Waals surface area (Å²) in [7, 11) is 0. The maximum absolute atomic E-state index is 5.49. The van der Waals surface area contributed by atoms with Crippen molar-refractivity contribution in [3.8, 4) is 10.6 Å². The minimum absolute atomic E-state index is 0.191. The predicted molar refractivity (Wildman–Crippen MR) is 82.9 cm³/mol. The fourth-order valence-electron chi connectivity index (χ4n) is 2.17. The van der Waals surface area contributed by atoms with Crippen molar-refractivity contribution in [3.63, 3.8) is 0 Å². The molecule has 3 nitrogen and oxygen atoms in total. The van der Waals surface area contributed by atoms with Crippen LogP contribution in [0.4, 0.5) is 5.69 Å². The lowest BCUT2D eigenvalue weighted by molar-refractivity contribution is 0.474. The Labute approximate surface area is 122 Å². The molecule has 4 heteroatoms. The van der Waals surface area contributed by atoms with Crippen LogP contribution in [-0.2, 0) is 0 Å². The van der Waals surface area contributed by atoms with E-state index in [2.05, 4.69) is 35.4 Å². The van der Waals surface area contributed by atoms with Crippen molar-refractivity contribution >= 4 is 17.0 Å². The number of nitrogens with zero attached hydrogens (tertiary/aromatic N) is 1. The van der Waals surface area contributed by atoms with Crippen LogP contribution in [0.2, 0.25) is 0 Å². The van der Waals surface area contributed by atoms with Crippen molar-refractivity contribution in [2.24, 2.45) is 0 Å². The van der Waals surface area contributed by atoms with E-state index in [9.17, 15) is 0 Å². The third-order valence-corrected chi connectivity index (χ3v) is 4.00. The molecule has 0 aliphatic heterocycles. The predicted octanol–water partition coefficient (Wildman–Crippen LogP) is 4.97. The molecule has 1 unspecified atom stereocenters. The Balaban J connectivity index is 1.82. The summed E-state index contributed by atoms with van der Waals surface area (Å²) in [5.41, 5.74) is 2.22. The highest BCUT2D eigenvalue weighted by atomic mass is 32.1. The van der Waals surface area contributed by atoms with E-state index in [1.165, 1.54) is 0 Å². The van der Waals surface area contributed by atoms with Crippen LogP contribution >= 0.6 is 11.3 Å². The van der Waals surface area contributed by atoms with E-state index in [4.69, 9.17) is 4.42 Å². The highest BCUT2D eigenvalue weighted by molar-refractivity contribution is 7.13. The van der Waals surface area contributed by atoms with Crippen molar-refractivity contribution in [2.75, 3.05) is 5.32 Å². The summed E-state index contributed by atoms with van der Waals surface area (Å²) in [6, 6.07) is 12.5. The number of hydrogen-bond acceptors (Lipinski definition) is 4. The van der Waals surface area contributed by atoms with E-state index in [1.807, 2.05) is 29.8 Å². The molecule has 2 heterocycles. The number of furan rings is 1. The van der Waals surface area contributed by atoms with Crippen LogP contribution in [0.3, 0.4) is 0 Å². The van der Waals surface area contributed by atoms with Crippen LogP contribution < -0.4 is 5.32 Å². The molecule has 3 aromatic rings. The summed E-state index contributed by atoms with van der Waals surface area (Å²) in [6.07, 6.45) is 4.51. The van der Waals surface area contributed by atoms with E-state index in [0.717, 1.165) is 28.4 Å². The lowest BCUT2D eigenvalue weighted by Gasteiger charge is -2.16. The molecule has 0 aliphatic rings. The zero-order valence-electron chi connectivity index (χ0n) is 11.2. The van der Waals surface area contributed by atoms with Gasteiger partial charge in [-0.3, -0.25) is 0 Å². The van der Waals surface area contributed by atoms with Crippen molar-refractivity contribution in [2.45, 2.75) is 19.4 Å². The molecule has 0 spiro atoms. The van der Waals surface area contributed by atoms with Crippen LogP contribution in [0, 0.1) is 0 Å². The lowest BCUT2D eigenvalue weighted by Crippen LogP contribution is -2.08. The Hall–Kier alpha value is -2.07. The second-order valence-electron chi connectivity index (χ2n) is 4.54. The molecule has 1 N–H and O–H groups in total. The van der Waals surface area contributed by atoms with Gasteiger partial charge in [0.25, 0.3) is 0 Å². The van der Waals surface area contributed by atoms with Gasteiger partial charge in [0.15, 0.2) is 0 Å². The van der Waals surface area contributed by atoms with E-state index in [1.54, 1.807) is 17.6 Å². The Morgan fingerprint density at radius 1 is 1.30 bits per heavy atom. The zero-order valence-corrected chi connectivity index (χ0v) is 12.1. The summed E-state index contributed by atoms with van der Waals surface area (Å²) < 4.78 is 5.49. The fourth-order valence-corrected chi connectivity index (χ4v) is 2.81. The second-order valence-corrected chi connectivity index (χ2v) is 5.43. The molecular formula is C16H16N2OS. The molecule has 1 atom stereocenters. The van der Waals surface area contributed by atoms with Crippen LogP contribution in [0.15, 0.2) is 58.7 Å². The molecule has 20 heavy (non-hydrogen) atoms. The average Bonchev–Trinajstić information content (AvgIpc) is 3.17. The number of aromatic nitrogens is 1. The van der Waals surface area contributed by atoms with Crippen molar-refractivity contribution < 1.29 is 4.42 Å². The maximum Gasteiger partial charge on any atom is 0.125 e. The second kappa shape index (κ2) is 5.92. The molecular weight excluding hydrogens is 268 g/mol. The first-order chi connectivity index (χ1) is 9.86. The molecule has 3 rings (SSSR count). The summed E-state index contributed by atoms with van der Waals surface area (Å²) in [6.45, 7) is 2.14. The van der Waals surface area contributed by atoms with Crippen molar-refractivity contribution in [3.05, 3.63) is 60.0 Å². The smallest absolute Gasteiger partial charge is 0.125 e. The molecule has 0 amide bonds. The van der Waals surface area contributed by atoms with Gasteiger partial charge in [0.1, 0.15) is 10.8 Å². The molecule has 0 bridgehead atoms. The normalized spacial score (nSPS) is 12.2. The summed E-state index contributed by atoms with van der Waals surface area (Å²) in [4.78, 5) is 4.35. The van der Waals surface area contributed by atoms with Gasteiger partial charge in [0, 0.05) is 22.8 Å². The first-order valence-corrected chi connectivity index (χ1v) is 7.54. The minimum Gasteiger partial charge on any atom is -0.467 e. The topological polar surface area (TPSA) is 38.1 Å². The standard InChI is InChI=1S/C16H16N2OS/c1-2-14(15-7-4-9-19-15)18-13-6-3-5-12(11-13)16-17-8-10-20-16/h3-11,14,18H,2H2,1H3. The Morgan fingerprint density at radius 2 is 2.25 bits per heavy atom. The van der Waals surface area contributed by atoms with Gasteiger partial charge in [0.05, 0.1) is 12.3 Å². The van der Waals surface area contributed by atoms with Gasteiger partial charge in [-0.15, -0.1) is 11.3 Å². The Kier molecular flexibility index (Phi) is 3.83. The monoisotopic (exact) mass is 284 g/mol. The number of anilines is 1. The Bertz CT molecular complexity index is 647. The average molecular weight is 284 g/mol. The molecule has 1 aromatic carbocycles. The van der Waals surface area contributed by atoms with Crippen LogP contribution in [0.25, 0.3) is 10.6 Å². The number of nitrogens with one attached hydrogen (secondary N) is 1. The molecule has 0 saturated heterocycles. The Morgan fingerprint density at radius 3 is 2.95 bits per heavy atom. The van der Waals surface area contributed by atoms with Gasteiger partial charge in [0.2, 0.25) is 0 Å². The van der Waals surface area contributed by atoms with E-state index in [-0.39, 0.29) is 6.04 Å². The van der Waals surface area contributed by atoms with Gasteiger partial charge in [-0.2, -0.15) is 0 Å². The number of benzene rings is 1. The highest BCUT2D eigenvalue weighted by Gasteiger charge is 2.12. The van der Waals surface area contributed by atoms with E-state index < -0.39 is 0 Å². The molecule has 2 aromatic heterocycles.